The first kappa shape index (κ1) is 27.6. The van der Waals surface area contributed by atoms with Gasteiger partial charge in [0.15, 0.2) is 5.78 Å². The predicted molar refractivity (Wildman–Crippen MR) is 141 cm³/mol. The summed E-state index contributed by atoms with van der Waals surface area (Å²) in [5.74, 6) is -4.15. The lowest BCUT2D eigenvalue weighted by Crippen LogP contribution is -2.43. The molecule has 1 aliphatic carbocycles. The van der Waals surface area contributed by atoms with Gasteiger partial charge < -0.3 is 19.5 Å². The van der Waals surface area contributed by atoms with Crippen molar-refractivity contribution in [1.29, 1.82) is 0 Å². The molecule has 3 atom stereocenters. The maximum atomic E-state index is 14.3. The monoisotopic (exact) mass is 534 g/mol. The lowest BCUT2D eigenvalue weighted by atomic mass is 9.67. The number of carbonyl (C=O) groups excluding carboxylic acids is 3. The summed E-state index contributed by atoms with van der Waals surface area (Å²) in [6.07, 6.45) is 0.240. The van der Waals surface area contributed by atoms with E-state index in [0.717, 1.165) is 0 Å². The van der Waals surface area contributed by atoms with Gasteiger partial charge in [-0.2, -0.15) is 0 Å². The minimum atomic E-state index is -1.22. The van der Waals surface area contributed by atoms with Crippen molar-refractivity contribution in [3.8, 4) is 5.75 Å². The second kappa shape index (κ2) is 11.5. The van der Waals surface area contributed by atoms with Gasteiger partial charge in [-0.3, -0.25) is 19.7 Å². The summed E-state index contributed by atoms with van der Waals surface area (Å²) in [6.45, 7) is 5.19. The number of nitro benzene ring substituents is 1. The zero-order valence-electron chi connectivity index (χ0n) is 22.2. The molecule has 39 heavy (non-hydrogen) atoms. The molecule has 10 nitrogen and oxygen atoms in total. The summed E-state index contributed by atoms with van der Waals surface area (Å²) in [5.41, 5.74) is 2.18. The summed E-state index contributed by atoms with van der Waals surface area (Å²) in [7, 11) is 1.52. The molecule has 0 radical (unpaired) electrons. The second-order valence-electron chi connectivity index (χ2n) is 9.21. The summed E-state index contributed by atoms with van der Waals surface area (Å²) < 4.78 is 16.2. The van der Waals surface area contributed by atoms with Crippen molar-refractivity contribution < 1.29 is 33.5 Å². The van der Waals surface area contributed by atoms with Crippen molar-refractivity contribution in [2.75, 3.05) is 20.3 Å². The average Bonchev–Trinajstić information content (AvgIpc) is 2.92. The Morgan fingerprint density at radius 1 is 1.08 bits per heavy atom. The molecule has 1 N–H and O–H groups in total. The van der Waals surface area contributed by atoms with Crippen molar-refractivity contribution in [1.82, 2.24) is 5.32 Å². The predicted octanol–water partition coefficient (Wildman–Crippen LogP) is 4.32. The van der Waals surface area contributed by atoms with E-state index in [2.05, 4.69) is 5.32 Å². The largest absolute Gasteiger partial charge is 0.496 e. The van der Waals surface area contributed by atoms with Crippen LogP contribution in [0.2, 0.25) is 0 Å². The molecule has 0 saturated heterocycles. The molecule has 1 heterocycles. The molecule has 0 aromatic heterocycles. The van der Waals surface area contributed by atoms with Crippen molar-refractivity contribution in [2.24, 2.45) is 5.92 Å². The van der Waals surface area contributed by atoms with Gasteiger partial charge in [-0.05, 0) is 44.4 Å². The highest BCUT2D eigenvalue weighted by atomic mass is 16.6. The average molecular weight is 535 g/mol. The van der Waals surface area contributed by atoms with Crippen LogP contribution in [-0.4, -0.2) is 43.0 Å². The molecule has 2 aliphatic rings. The van der Waals surface area contributed by atoms with E-state index in [4.69, 9.17) is 14.2 Å². The van der Waals surface area contributed by atoms with E-state index >= 15 is 0 Å². The van der Waals surface area contributed by atoms with Crippen LogP contribution in [0, 0.1) is 16.0 Å². The van der Waals surface area contributed by atoms with Gasteiger partial charge >= 0.3 is 11.9 Å². The quantitative estimate of drug-likeness (QED) is 0.227. The van der Waals surface area contributed by atoms with E-state index in [-0.39, 0.29) is 36.5 Å². The number of carbonyl (C=O) groups is 3. The molecule has 0 fully saturated rings. The lowest BCUT2D eigenvalue weighted by Gasteiger charge is -2.39. The van der Waals surface area contributed by atoms with E-state index in [1.165, 1.54) is 25.3 Å². The van der Waals surface area contributed by atoms with Crippen molar-refractivity contribution in [3.63, 3.8) is 0 Å². The number of nitrogens with zero attached hydrogens (tertiary/aromatic N) is 1. The van der Waals surface area contributed by atoms with Crippen molar-refractivity contribution in [2.45, 2.75) is 39.0 Å². The molecule has 204 valence electrons. The zero-order valence-corrected chi connectivity index (χ0v) is 22.2. The number of nitro groups is 1. The maximum absolute atomic E-state index is 14.3. The van der Waals surface area contributed by atoms with Crippen LogP contribution in [0.15, 0.2) is 71.1 Å². The fourth-order valence-corrected chi connectivity index (χ4v) is 5.43. The number of nitrogens with one attached hydrogen (secondary N) is 1. The molecule has 10 heteroatoms. The zero-order chi connectivity index (χ0) is 28.3. The lowest BCUT2D eigenvalue weighted by molar-refractivity contribution is -0.384. The third-order valence-electron chi connectivity index (χ3n) is 7.01. The smallest absolute Gasteiger partial charge is 0.336 e. The van der Waals surface area contributed by atoms with Gasteiger partial charge in [-0.25, -0.2) is 4.79 Å². The number of hydrogen-bond donors (Lipinski definition) is 1. The summed E-state index contributed by atoms with van der Waals surface area (Å²) in [5, 5.41) is 14.8. The van der Waals surface area contributed by atoms with Crippen LogP contribution in [0.4, 0.5) is 5.69 Å². The van der Waals surface area contributed by atoms with E-state index in [1.807, 2.05) is 6.07 Å². The van der Waals surface area contributed by atoms with E-state index < -0.39 is 40.4 Å². The van der Waals surface area contributed by atoms with Crippen LogP contribution in [0.3, 0.4) is 0 Å². The number of Topliss-reactive ketones (excluding diaryl/α,β-unsaturated/α-hetero) is 1. The van der Waals surface area contributed by atoms with Crippen LogP contribution in [0.1, 0.15) is 50.2 Å². The SMILES string of the molecule is CCOC(=O)C1=C(C)NC2=C(C(=O)[C@H](C(=O)OCC)[C@H](c3ccccc3OC)C2)[C@H]1c1cccc([N+](=O)[O-])c1. The molecule has 1 aliphatic heterocycles. The highest BCUT2D eigenvalue weighted by Crippen LogP contribution is 2.49. The topological polar surface area (TPSA) is 134 Å². The summed E-state index contributed by atoms with van der Waals surface area (Å²) in [6, 6.07) is 13.0. The standard InChI is InChI=1S/C29H30N2O8/c1-5-38-28(33)23-16(3)30-21-15-20(19-12-7-8-13-22(19)37-4)25(29(34)39-6-2)27(32)26(21)24(23)17-10-9-11-18(14-17)31(35)36/h7-14,20,24-25,30H,5-6,15H2,1-4H3/t20-,24-,25+/m0/s1. The number of dihydropyridines is 1. The Labute approximate surface area is 225 Å². The summed E-state index contributed by atoms with van der Waals surface area (Å²) in [4.78, 5) is 51.9. The number of benzene rings is 2. The third kappa shape index (κ3) is 5.14. The van der Waals surface area contributed by atoms with E-state index in [1.54, 1.807) is 45.0 Å². The Morgan fingerprint density at radius 3 is 2.46 bits per heavy atom. The molecule has 0 unspecified atom stereocenters. The van der Waals surface area contributed by atoms with Crippen LogP contribution in [0.25, 0.3) is 0 Å². The number of esters is 2. The van der Waals surface area contributed by atoms with Crippen LogP contribution < -0.4 is 10.1 Å². The van der Waals surface area contributed by atoms with E-state index in [9.17, 15) is 24.5 Å². The van der Waals surface area contributed by atoms with Crippen LogP contribution >= 0.6 is 0 Å². The highest BCUT2D eigenvalue weighted by molar-refractivity contribution is 6.13. The van der Waals surface area contributed by atoms with Gasteiger partial charge in [0.2, 0.25) is 0 Å². The molecule has 0 amide bonds. The maximum Gasteiger partial charge on any atom is 0.336 e. The second-order valence-corrected chi connectivity index (χ2v) is 9.21. The minimum Gasteiger partial charge on any atom is -0.496 e. The van der Waals surface area contributed by atoms with Crippen LogP contribution in [0.5, 0.6) is 5.75 Å². The fourth-order valence-electron chi connectivity index (χ4n) is 5.43. The number of ether oxygens (including phenoxy) is 3. The number of para-hydroxylation sites is 1. The van der Waals surface area contributed by atoms with Gasteiger partial charge in [-0.15, -0.1) is 0 Å². The summed E-state index contributed by atoms with van der Waals surface area (Å²) >= 11 is 0. The molecule has 2 aromatic carbocycles. The molecule has 0 saturated carbocycles. The Balaban J connectivity index is 1.94. The normalized spacial score (nSPS) is 20.6. The van der Waals surface area contributed by atoms with Gasteiger partial charge in [0.05, 0.1) is 30.8 Å². The Bertz CT molecular complexity index is 1390. The first-order valence-electron chi connectivity index (χ1n) is 12.7. The first-order chi connectivity index (χ1) is 18.7. The molecule has 0 bridgehead atoms. The van der Waals surface area contributed by atoms with Crippen LogP contribution in [-0.2, 0) is 23.9 Å². The third-order valence-corrected chi connectivity index (χ3v) is 7.01. The molecular formula is C29H30N2O8. The van der Waals surface area contributed by atoms with Gasteiger partial charge in [0, 0.05) is 40.9 Å². The number of hydrogen-bond acceptors (Lipinski definition) is 9. The minimum absolute atomic E-state index is 0.0762. The number of rotatable bonds is 8. The molecule has 2 aromatic rings. The number of methoxy groups -OCH3 is 1. The van der Waals surface area contributed by atoms with E-state index in [0.29, 0.717) is 28.3 Å². The van der Waals surface area contributed by atoms with Crippen molar-refractivity contribution >= 4 is 23.4 Å². The van der Waals surface area contributed by atoms with Gasteiger partial charge in [-0.1, -0.05) is 30.3 Å². The molecule has 4 rings (SSSR count). The number of allylic oxidation sites excluding steroid dienone is 3. The van der Waals surface area contributed by atoms with Crippen molar-refractivity contribution in [3.05, 3.63) is 92.3 Å². The van der Waals surface area contributed by atoms with Gasteiger partial charge in [0.25, 0.3) is 5.69 Å². The Kier molecular flexibility index (Phi) is 8.13. The van der Waals surface area contributed by atoms with Gasteiger partial charge in [0.1, 0.15) is 11.7 Å². The highest BCUT2D eigenvalue weighted by Gasteiger charge is 2.49. The Hall–Kier alpha value is -4.47. The number of ketones is 1. The molecule has 0 spiro atoms. The fraction of sp³-hybridized carbons (Fsp3) is 0.345. The molecular weight excluding hydrogens is 504 g/mol. The number of non-ortho nitro benzene ring substituents is 1. The first-order valence-corrected chi connectivity index (χ1v) is 12.7. The Morgan fingerprint density at radius 2 is 1.79 bits per heavy atom.